The summed E-state index contributed by atoms with van der Waals surface area (Å²) in [5.74, 6) is 1.36. The molecule has 1 unspecified atom stereocenters. The minimum absolute atomic E-state index is 0.154. The van der Waals surface area contributed by atoms with Crippen LogP contribution in [0.5, 0.6) is 11.5 Å². The van der Waals surface area contributed by atoms with Gasteiger partial charge in [-0.3, -0.25) is 4.79 Å². The lowest BCUT2D eigenvalue weighted by atomic mass is 9.93. The first-order valence-electron chi connectivity index (χ1n) is 13.6. The molecule has 39 heavy (non-hydrogen) atoms. The lowest BCUT2D eigenvalue weighted by Crippen LogP contribution is -2.36. The molecule has 198 valence electrons. The maximum atomic E-state index is 14.3. The van der Waals surface area contributed by atoms with Gasteiger partial charge in [0.05, 0.1) is 20.1 Å². The molecule has 0 radical (unpaired) electrons. The fraction of sp³-hybridized carbons (Fsp3) is 0.229. The zero-order valence-corrected chi connectivity index (χ0v) is 22.9. The molecule has 5 aromatic rings. The molecular formula is C35H35NO3. The van der Waals surface area contributed by atoms with E-state index in [4.69, 9.17) is 9.47 Å². The number of benzene rings is 5. The summed E-state index contributed by atoms with van der Waals surface area (Å²) in [5.41, 5.74) is 3.34. The lowest BCUT2D eigenvalue weighted by molar-refractivity contribution is -0.133. The number of amides is 1. The van der Waals surface area contributed by atoms with Crippen LogP contribution in [0, 0.1) is 0 Å². The molecule has 0 saturated carbocycles. The lowest BCUT2D eigenvalue weighted by Gasteiger charge is -2.29. The van der Waals surface area contributed by atoms with E-state index in [2.05, 4.69) is 73.7 Å². The molecule has 0 saturated heterocycles. The highest BCUT2D eigenvalue weighted by atomic mass is 16.5. The number of hydrogen-bond donors (Lipinski definition) is 0. The van der Waals surface area contributed by atoms with E-state index in [9.17, 15) is 4.79 Å². The van der Waals surface area contributed by atoms with Crippen LogP contribution in [0.15, 0.2) is 103 Å². The number of nitrogens with zero attached hydrogens (tertiary/aromatic N) is 1. The molecule has 4 heteroatoms. The molecule has 4 nitrogen and oxygen atoms in total. The van der Waals surface area contributed by atoms with Gasteiger partial charge in [-0.1, -0.05) is 91.9 Å². The number of rotatable bonds is 10. The van der Waals surface area contributed by atoms with E-state index in [0.717, 1.165) is 17.5 Å². The van der Waals surface area contributed by atoms with Crippen LogP contribution in [-0.4, -0.2) is 31.6 Å². The Labute approximate surface area is 230 Å². The average Bonchev–Trinajstić information content (AvgIpc) is 2.99. The van der Waals surface area contributed by atoms with Crippen molar-refractivity contribution in [1.82, 2.24) is 4.90 Å². The van der Waals surface area contributed by atoms with Gasteiger partial charge in [0.25, 0.3) is 0 Å². The second-order valence-electron chi connectivity index (χ2n) is 9.87. The third-order valence-corrected chi connectivity index (χ3v) is 7.57. The van der Waals surface area contributed by atoms with Crippen molar-refractivity contribution in [1.29, 1.82) is 0 Å². The molecule has 1 atom stereocenters. The molecule has 0 fully saturated rings. The Morgan fingerprint density at radius 1 is 0.744 bits per heavy atom. The van der Waals surface area contributed by atoms with Crippen molar-refractivity contribution in [3.05, 3.63) is 120 Å². The van der Waals surface area contributed by atoms with Crippen LogP contribution in [0.3, 0.4) is 0 Å². The molecule has 0 aliphatic rings. The molecule has 1 amide bonds. The summed E-state index contributed by atoms with van der Waals surface area (Å²) in [6.45, 7) is 3.22. The molecule has 0 N–H and O–H groups in total. The van der Waals surface area contributed by atoms with Crippen molar-refractivity contribution in [2.75, 3.05) is 20.8 Å². The highest BCUT2D eigenvalue weighted by Gasteiger charge is 2.26. The summed E-state index contributed by atoms with van der Waals surface area (Å²) in [7, 11) is 3.29. The predicted octanol–water partition coefficient (Wildman–Crippen LogP) is 7.78. The Hall–Kier alpha value is -4.31. The minimum atomic E-state index is -0.196. The molecule has 0 aromatic heterocycles. The van der Waals surface area contributed by atoms with Crippen LogP contribution in [0.2, 0.25) is 0 Å². The van der Waals surface area contributed by atoms with Crippen LogP contribution in [-0.2, 0) is 17.8 Å². The molecule has 0 aliphatic carbocycles. The van der Waals surface area contributed by atoms with Gasteiger partial charge in [0.1, 0.15) is 0 Å². The van der Waals surface area contributed by atoms with Gasteiger partial charge in [0.2, 0.25) is 5.91 Å². The van der Waals surface area contributed by atoms with Crippen molar-refractivity contribution >= 4 is 27.5 Å². The molecule has 5 aromatic carbocycles. The third kappa shape index (κ3) is 5.61. The van der Waals surface area contributed by atoms with Gasteiger partial charge in [0.15, 0.2) is 11.5 Å². The number of carbonyl (C=O) groups excluding carboxylic acids is 1. The van der Waals surface area contributed by atoms with E-state index in [1.54, 1.807) is 14.2 Å². The van der Waals surface area contributed by atoms with Crippen molar-refractivity contribution in [3.8, 4) is 11.5 Å². The topological polar surface area (TPSA) is 38.8 Å². The van der Waals surface area contributed by atoms with E-state index >= 15 is 0 Å². The zero-order valence-electron chi connectivity index (χ0n) is 22.9. The fourth-order valence-electron chi connectivity index (χ4n) is 5.50. The van der Waals surface area contributed by atoms with E-state index < -0.39 is 0 Å². The SMILES string of the molecule is CCC(C(=O)N(CCc1ccc(OC)c(OC)c1)Cc1c2ccccc2cc2ccccc12)c1ccccc1. The summed E-state index contributed by atoms with van der Waals surface area (Å²) < 4.78 is 11.0. The van der Waals surface area contributed by atoms with Gasteiger partial charge in [-0.05, 0) is 69.3 Å². The molecular weight excluding hydrogens is 482 g/mol. The van der Waals surface area contributed by atoms with E-state index in [0.29, 0.717) is 31.0 Å². The zero-order chi connectivity index (χ0) is 27.2. The van der Waals surface area contributed by atoms with Crippen LogP contribution in [0.1, 0.15) is 36.0 Å². The number of hydrogen-bond acceptors (Lipinski definition) is 3. The Morgan fingerprint density at radius 2 is 1.36 bits per heavy atom. The second kappa shape index (κ2) is 12.0. The average molecular weight is 518 g/mol. The van der Waals surface area contributed by atoms with Gasteiger partial charge in [-0.15, -0.1) is 0 Å². The van der Waals surface area contributed by atoms with E-state index in [-0.39, 0.29) is 11.8 Å². The first kappa shape index (κ1) is 26.3. The van der Waals surface area contributed by atoms with Crippen molar-refractivity contribution in [2.45, 2.75) is 32.2 Å². The number of fused-ring (bicyclic) bond motifs is 2. The summed E-state index contributed by atoms with van der Waals surface area (Å²) in [4.78, 5) is 16.3. The van der Waals surface area contributed by atoms with E-state index in [1.807, 2.05) is 41.3 Å². The minimum Gasteiger partial charge on any atom is -0.493 e. The number of ether oxygens (including phenoxy) is 2. The molecule has 0 aliphatic heterocycles. The Morgan fingerprint density at radius 3 is 1.97 bits per heavy atom. The van der Waals surface area contributed by atoms with Crippen LogP contribution in [0.4, 0.5) is 0 Å². The van der Waals surface area contributed by atoms with E-state index in [1.165, 1.54) is 27.1 Å². The summed E-state index contributed by atoms with van der Waals surface area (Å²) in [6.07, 6.45) is 1.45. The van der Waals surface area contributed by atoms with Gasteiger partial charge in [-0.2, -0.15) is 0 Å². The summed E-state index contributed by atoms with van der Waals surface area (Å²) in [6, 6.07) is 35.3. The smallest absolute Gasteiger partial charge is 0.230 e. The second-order valence-corrected chi connectivity index (χ2v) is 9.87. The molecule has 0 bridgehead atoms. The molecule has 0 heterocycles. The van der Waals surface area contributed by atoms with Crippen LogP contribution in [0.25, 0.3) is 21.5 Å². The monoisotopic (exact) mass is 517 g/mol. The fourth-order valence-corrected chi connectivity index (χ4v) is 5.50. The highest BCUT2D eigenvalue weighted by Crippen LogP contribution is 2.32. The van der Waals surface area contributed by atoms with Gasteiger partial charge in [0, 0.05) is 13.1 Å². The van der Waals surface area contributed by atoms with Gasteiger partial charge < -0.3 is 14.4 Å². The van der Waals surface area contributed by atoms with Crippen LogP contribution >= 0.6 is 0 Å². The number of carbonyl (C=O) groups is 1. The first-order chi connectivity index (χ1) is 19.1. The molecule has 5 rings (SSSR count). The third-order valence-electron chi connectivity index (χ3n) is 7.57. The van der Waals surface area contributed by atoms with Crippen molar-refractivity contribution in [3.63, 3.8) is 0 Å². The normalized spacial score (nSPS) is 11.9. The summed E-state index contributed by atoms with van der Waals surface area (Å²) >= 11 is 0. The first-order valence-corrected chi connectivity index (χ1v) is 13.6. The predicted molar refractivity (Wildman–Crippen MR) is 160 cm³/mol. The standard InChI is InChI=1S/C35H35NO3/c1-4-29(26-12-6-5-7-13-26)35(37)36(21-20-25-18-19-33(38-2)34(22-25)39-3)24-32-30-16-10-8-14-27(30)23-28-15-9-11-17-31(28)32/h5-19,22-23,29H,4,20-21,24H2,1-3H3. The van der Waals surface area contributed by atoms with Crippen molar-refractivity contribution < 1.29 is 14.3 Å². The Balaban J connectivity index is 1.55. The maximum absolute atomic E-state index is 14.3. The van der Waals surface area contributed by atoms with Gasteiger partial charge in [-0.25, -0.2) is 0 Å². The quantitative estimate of drug-likeness (QED) is 0.178. The Kier molecular flexibility index (Phi) is 8.12. The largest absolute Gasteiger partial charge is 0.493 e. The Bertz CT molecular complexity index is 1520. The summed E-state index contributed by atoms with van der Waals surface area (Å²) in [5, 5.41) is 4.75. The highest BCUT2D eigenvalue weighted by molar-refractivity contribution is 6.02. The van der Waals surface area contributed by atoms with Crippen LogP contribution < -0.4 is 9.47 Å². The van der Waals surface area contributed by atoms with Gasteiger partial charge >= 0.3 is 0 Å². The molecule has 0 spiro atoms. The number of methoxy groups -OCH3 is 2. The maximum Gasteiger partial charge on any atom is 0.230 e. The van der Waals surface area contributed by atoms with Crippen molar-refractivity contribution in [2.24, 2.45) is 0 Å².